The lowest BCUT2D eigenvalue weighted by Crippen LogP contribution is -2.29. The van der Waals surface area contributed by atoms with Crippen molar-refractivity contribution in [3.63, 3.8) is 0 Å². The second-order valence-corrected chi connectivity index (χ2v) is 5.65. The van der Waals surface area contributed by atoms with E-state index in [1.165, 1.54) is 12.1 Å². The van der Waals surface area contributed by atoms with Gasteiger partial charge < -0.3 is 9.84 Å². The van der Waals surface area contributed by atoms with Crippen molar-refractivity contribution >= 4 is 16.7 Å². The van der Waals surface area contributed by atoms with Gasteiger partial charge in [0.2, 0.25) is 0 Å². The Morgan fingerprint density at radius 2 is 1.84 bits per heavy atom. The fourth-order valence-electron chi connectivity index (χ4n) is 2.54. The van der Waals surface area contributed by atoms with Crippen molar-refractivity contribution in [1.82, 2.24) is 4.98 Å². The number of fused-ring (bicyclic) bond motifs is 1. The van der Waals surface area contributed by atoms with Crippen LogP contribution in [0.3, 0.4) is 0 Å². The SMILES string of the molecule is CC(Oc1ccc(O)cc1)C(=O)C(C#N)c1ccc2ccccc2n1. The Labute approximate surface area is 145 Å². The topological polar surface area (TPSA) is 83.2 Å². The molecule has 0 amide bonds. The van der Waals surface area contributed by atoms with Crippen LogP contribution in [0, 0.1) is 11.3 Å². The van der Waals surface area contributed by atoms with Crippen LogP contribution >= 0.6 is 0 Å². The van der Waals surface area contributed by atoms with E-state index in [0.717, 1.165) is 10.9 Å². The zero-order valence-electron chi connectivity index (χ0n) is 13.6. The van der Waals surface area contributed by atoms with E-state index in [9.17, 15) is 15.2 Å². The molecule has 0 bridgehead atoms. The van der Waals surface area contributed by atoms with E-state index in [2.05, 4.69) is 4.98 Å². The molecular weight excluding hydrogens is 316 g/mol. The molecule has 2 unspecified atom stereocenters. The minimum atomic E-state index is -1.00. The van der Waals surface area contributed by atoms with Crippen LogP contribution in [0.2, 0.25) is 0 Å². The Balaban J connectivity index is 1.82. The Bertz CT molecular complexity index is 945. The number of aromatic nitrogens is 1. The lowest BCUT2D eigenvalue weighted by molar-refractivity contribution is -0.125. The molecule has 5 heteroatoms. The molecule has 25 heavy (non-hydrogen) atoms. The van der Waals surface area contributed by atoms with Crippen LogP contribution in [-0.4, -0.2) is 22.0 Å². The monoisotopic (exact) mass is 332 g/mol. The number of hydrogen-bond donors (Lipinski definition) is 1. The van der Waals surface area contributed by atoms with Crippen molar-refractivity contribution in [2.45, 2.75) is 18.9 Å². The number of phenols is 1. The third-order valence-corrected chi connectivity index (χ3v) is 3.88. The van der Waals surface area contributed by atoms with Crippen LogP contribution < -0.4 is 4.74 Å². The average Bonchev–Trinajstić information content (AvgIpc) is 2.64. The smallest absolute Gasteiger partial charge is 0.196 e. The van der Waals surface area contributed by atoms with Gasteiger partial charge in [0, 0.05) is 5.39 Å². The first kappa shape index (κ1) is 16.5. The summed E-state index contributed by atoms with van der Waals surface area (Å²) in [4.78, 5) is 17.1. The van der Waals surface area contributed by atoms with Gasteiger partial charge in [-0.05, 0) is 43.3 Å². The minimum Gasteiger partial charge on any atom is -0.508 e. The van der Waals surface area contributed by atoms with Crippen molar-refractivity contribution in [1.29, 1.82) is 5.26 Å². The van der Waals surface area contributed by atoms with Crippen LogP contribution in [0.4, 0.5) is 0 Å². The zero-order chi connectivity index (χ0) is 17.8. The first-order chi connectivity index (χ1) is 12.1. The maximum absolute atomic E-state index is 12.6. The number of Topliss-reactive ketones (excluding diaryl/α,β-unsaturated/α-hetero) is 1. The standard InChI is InChI=1S/C20H16N2O3/c1-13(25-16-9-7-15(23)8-10-16)20(24)17(12-21)19-11-6-14-4-2-3-5-18(14)22-19/h2-11,13,17,23H,1H3. The molecule has 0 spiro atoms. The molecule has 3 rings (SSSR count). The number of pyridine rings is 1. The lowest BCUT2D eigenvalue weighted by atomic mass is 9.97. The highest BCUT2D eigenvalue weighted by atomic mass is 16.5. The first-order valence-corrected chi connectivity index (χ1v) is 7.83. The van der Waals surface area contributed by atoms with Gasteiger partial charge in [-0.3, -0.25) is 9.78 Å². The number of carbonyl (C=O) groups is 1. The number of nitriles is 1. The third kappa shape index (κ3) is 3.59. The number of nitrogens with zero attached hydrogens (tertiary/aromatic N) is 2. The Morgan fingerprint density at radius 3 is 2.56 bits per heavy atom. The summed E-state index contributed by atoms with van der Waals surface area (Å²) in [5.41, 5.74) is 1.15. The molecule has 0 aliphatic heterocycles. The summed E-state index contributed by atoms with van der Waals surface area (Å²) in [5, 5.41) is 19.7. The fourth-order valence-corrected chi connectivity index (χ4v) is 2.54. The van der Waals surface area contributed by atoms with Crippen LogP contribution in [0.15, 0.2) is 60.7 Å². The van der Waals surface area contributed by atoms with Crippen LogP contribution in [0.25, 0.3) is 10.9 Å². The van der Waals surface area contributed by atoms with Crippen molar-refractivity contribution in [2.24, 2.45) is 0 Å². The maximum atomic E-state index is 12.6. The molecule has 1 aromatic heterocycles. The molecular formula is C20H16N2O3. The van der Waals surface area contributed by atoms with Crippen LogP contribution in [0.1, 0.15) is 18.5 Å². The highest BCUT2D eigenvalue weighted by Gasteiger charge is 2.28. The van der Waals surface area contributed by atoms with E-state index >= 15 is 0 Å². The molecule has 5 nitrogen and oxygen atoms in total. The predicted molar refractivity (Wildman–Crippen MR) is 93.3 cm³/mol. The molecule has 0 saturated carbocycles. The number of aromatic hydroxyl groups is 1. The predicted octanol–water partition coefficient (Wildman–Crippen LogP) is 3.58. The molecule has 124 valence electrons. The van der Waals surface area contributed by atoms with E-state index < -0.39 is 12.0 Å². The average molecular weight is 332 g/mol. The maximum Gasteiger partial charge on any atom is 0.196 e. The van der Waals surface area contributed by atoms with Gasteiger partial charge in [0.1, 0.15) is 11.5 Å². The highest BCUT2D eigenvalue weighted by Crippen LogP contribution is 2.23. The largest absolute Gasteiger partial charge is 0.508 e. The molecule has 0 saturated heterocycles. The molecule has 0 aliphatic carbocycles. The van der Waals surface area contributed by atoms with Crippen LogP contribution in [-0.2, 0) is 4.79 Å². The van der Waals surface area contributed by atoms with Crippen molar-refractivity contribution < 1.29 is 14.6 Å². The Morgan fingerprint density at radius 1 is 1.12 bits per heavy atom. The van der Waals surface area contributed by atoms with Gasteiger partial charge in [-0.25, -0.2) is 0 Å². The summed E-state index contributed by atoms with van der Waals surface area (Å²) >= 11 is 0. The molecule has 2 atom stereocenters. The summed E-state index contributed by atoms with van der Waals surface area (Å²) in [7, 11) is 0. The Kier molecular flexibility index (Phi) is 4.62. The van der Waals surface area contributed by atoms with Crippen LogP contribution in [0.5, 0.6) is 11.5 Å². The van der Waals surface area contributed by atoms with E-state index in [1.54, 1.807) is 25.1 Å². The normalized spacial score (nSPS) is 13.0. The fraction of sp³-hybridized carbons (Fsp3) is 0.150. The number of ether oxygens (including phenoxy) is 1. The molecule has 0 radical (unpaired) electrons. The molecule has 0 fully saturated rings. The van der Waals surface area contributed by atoms with Gasteiger partial charge in [-0.15, -0.1) is 0 Å². The first-order valence-electron chi connectivity index (χ1n) is 7.83. The second-order valence-electron chi connectivity index (χ2n) is 5.65. The Hall–Kier alpha value is -3.39. The third-order valence-electron chi connectivity index (χ3n) is 3.88. The van der Waals surface area contributed by atoms with Gasteiger partial charge >= 0.3 is 0 Å². The van der Waals surface area contributed by atoms with E-state index in [4.69, 9.17) is 4.74 Å². The zero-order valence-corrected chi connectivity index (χ0v) is 13.6. The van der Waals surface area contributed by atoms with E-state index in [0.29, 0.717) is 11.4 Å². The summed E-state index contributed by atoms with van der Waals surface area (Å²) in [6.07, 6.45) is -0.817. The summed E-state index contributed by atoms with van der Waals surface area (Å²) in [6.45, 7) is 1.60. The molecule has 1 heterocycles. The minimum absolute atomic E-state index is 0.113. The number of rotatable bonds is 5. The van der Waals surface area contributed by atoms with E-state index in [-0.39, 0.29) is 11.5 Å². The summed E-state index contributed by atoms with van der Waals surface area (Å²) in [6, 6.07) is 19.2. The van der Waals surface area contributed by atoms with Gasteiger partial charge in [0.05, 0.1) is 17.3 Å². The quantitative estimate of drug-likeness (QED) is 0.772. The molecule has 3 aromatic rings. The summed E-state index contributed by atoms with van der Waals surface area (Å²) < 4.78 is 5.58. The number of benzene rings is 2. The number of carbonyl (C=O) groups excluding carboxylic acids is 1. The molecule has 0 aliphatic rings. The van der Waals surface area contributed by atoms with Gasteiger partial charge in [-0.2, -0.15) is 5.26 Å². The van der Waals surface area contributed by atoms with Gasteiger partial charge in [0.15, 0.2) is 17.8 Å². The van der Waals surface area contributed by atoms with Crippen molar-refractivity contribution in [2.75, 3.05) is 0 Å². The number of phenolic OH excluding ortho intramolecular Hbond substituents is 1. The van der Waals surface area contributed by atoms with Crippen molar-refractivity contribution in [3.05, 3.63) is 66.4 Å². The highest BCUT2D eigenvalue weighted by molar-refractivity contribution is 5.92. The number of para-hydroxylation sites is 1. The molecule has 1 N–H and O–H groups in total. The van der Waals surface area contributed by atoms with Gasteiger partial charge in [0.25, 0.3) is 0 Å². The van der Waals surface area contributed by atoms with Gasteiger partial charge in [-0.1, -0.05) is 24.3 Å². The summed E-state index contributed by atoms with van der Waals surface area (Å²) in [5.74, 6) is -0.807. The lowest BCUT2D eigenvalue weighted by Gasteiger charge is -2.16. The number of ketones is 1. The molecule has 2 aromatic carbocycles. The van der Waals surface area contributed by atoms with E-state index in [1.807, 2.05) is 36.4 Å². The number of hydrogen-bond acceptors (Lipinski definition) is 5. The second kappa shape index (κ2) is 7.02. The van der Waals surface area contributed by atoms with Crippen molar-refractivity contribution in [3.8, 4) is 17.6 Å².